The number of rotatable bonds is 0. The van der Waals surface area contributed by atoms with Gasteiger partial charge in [0, 0.05) is 16.5 Å². The molecular formula is C16H10S. The number of fused-ring (bicyclic) bond motifs is 3. The van der Waals surface area contributed by atoms with E-state index in [0.29, 0.717) is 0 Å². The third kappa shape index (κ3) is 1.98. The predicted molar refractivity (Wildman–Crippen MR) is 74.0 cm³/mol. The Morgan fingerprint density at radius 1 is 1.12 bits per heavy atom. The summed E-state index contributed by atoms with van der Waals surface area (Å²) in [4.78, 5) is 1.09. The first kappa shape index (κ1) is 10.2. The highest BCUT2D eigenvalue weighted by Gasteiger charge is 2.07. The second-order valence-electron chi connectivity index (χ2n) is 3.81. The van der Waals surface area contributed by atoms with Crippen LogP contribution in [0.15, 0.2) is 36.4 Å². The Kier molecular flexibility index (Phi) is 2.70. The van der Waals surface area contributed by atoms with Gasteiger partial charge in [-0.15, -0.1) is 11.3 Å². The first-order valence-corrected chi connectivity index (χ1v) is 6.44. The molecule has 0 aliphatic heterocycles. The van der Waals surface area contributed by atoms with E-state index in [-0.39, 0.29) is 0 Å². The molecule has 0 N–H and O–H groups in total. The molecule has 0 saturated carbocycles. The number of allylic oxidation sites excluding steroid dienone is 2. The minimum Gasteiger partial charge on any atom is -0.125 e. The molecular weight excluding hydrogens is 224 g/mol. The minimum absolute atomic E-state index is 0.905. The van der Waals surface area contributed by atoms with Gasteiger partial charge in [-0.1, -0.05) is 42.0 Å². The van der Waals surface area contributed by atoms with Crippen LogP contribution in [0.1, 0.15) is 23.3 Å². The lowest BCUT2D eigenvalue weighted by Crippen LogP contribution is -1.77. The van der Waals surface area contributed by atoms with Crippen LogP contribution >= 0.6 is 11.3 Å². The molecule has 0 radical (unpaired) electrons. The monoisotopic (exact) mass is 234 g/mol. The molecule has 0 spiro atoms. The van der Waals surface area contributed by atoms with Gasteiger partial charge in [-0.2, -0.15) is 0 Å². The predicted octanol–water partition coefficient (Wildman–Crippen LogP) is 3.95. The lowest BCUT2D eigenvalue weighted by atomic mass is 10.1. The number of benzene rings is 1. The summed E-state index contributed by atoms with van der Waals surface area (Å²) in [5.74, 6) is 12.8. The zero-order valence-electron chi connectivity index (χ0n) is 9.29. The quantitative estimate of drug-likeness (QED) is 0.605. The fourth-order valence-corrected chi connectivity index (χ4v) is 2.83. The van der Waals surface area contributed by atoms with E-state index in [4.69, 9.17) is 0 Å². The Morgan fingerprint density at radius 3 is 3.06 bits per heavy atom. The van der Waals surface area contributed by atoms with E-state index in [1.807, 2.05) is 6.08 Å². The second kappa shape index (κ2) is 4.50. The lowest BCUT2D eigenvalue weighted by Gasteiger charge is -1.90. The molecule has 1 aliphatic rings. The van der Waals surface area contributed by atoms with Crippen LogP contribution in [0.3, 0.4) is 0 Å². The van der Waals surface area contributed by atoms with Crippen LogP contribution in [-0.2, 0) is 0 Å². The molecule has 0 amide bonds. The molecule has 0 bridgehead atoms. The van der Waals surface area contributed by atoms with Gasteiger partial charge in [-0.3, -0.25) is 0 Å². The molecule has 2 aromatic rings. The van der Waals surface area contributed by atoms with Crippen LogP contribution in [0.25, 0.3) is 10.1 Å². The zero-order chi connectivity index (χ0) is 11.5. The van der Waals surface area contributed by atoms with Crippen molar-refractivity contribution in [1.29, 1.82) is 0 Å². The summed E-state index contributed by atoms with van der Waals surface area (Å²) < 4.78 is 1.27. The summed E-state index contributed by atoms with van der Waals surface area (Å²) in [6.07, 6.45) is 5.90. The van der Waals surface area contributed by atoms with Crippen molar-refractivity contribution in [3.8, 4) is 23.7 Å². The van der Waals surface area contributed by atoms with Crippen LogP contribution in [0.4, 0.5) is 0 Å². The minimum atomic E-state index is 0.905. The molecule has 1 aromatic heterocycles. The molecule has 3 rings (SSSR count). The molecule has 0 saturated heterocycles. The van der Waals surface area contributed by atoms with Gasteiger partial charge >= 0.3 is 0 Å². The average molecular weight is 234 g/mol. The molecule has 1 heteroatoms. The molecule has 1 heterocycles. The van der Waals surface area contributed by atoms with Crippen LogP contribution in [0, 0.1) is 23.7 Å². The smallest absolute Gasteiger partial charge is 0.0940 e. The molecule has 0 nitrogen and oxygen atoms in total. The lowest BCUT2D eigenvalue weighted by molar-refractivity contribution is 1.09. The molecule has 0 atom stereocenters. The molecule has 17 heavy (non-hydrogen) atoms. The van der Waals surface area contributed by atoms with Crippen molar-refractivity contribution in [3.63, 3.8) is 0 Å². The van der Waals surface area contributed by atoms with Gasteiger partial charge in [-0.05, 0) is 24.5 Å². The van der Waals surface area contributed by atoms with Crippen molar-refractivity contribution < 1.29 is 0 Å². The highest BCUT2D eigenvalue weighted by Crippen LogP contribution is 2.30. The van der Waals surface area contributed by atoms with E-state index in [2.05, 4.69) is 54.0 Å². The summed E-state index contributed by atoms with van der Waals surface area (Å²) in [5, 5.41) is 1.24. The van der Waals surface area contributed by atoms with E-state index in [0.717, 1.165) is 23.3 Å². The molecule has 1 aliphatic carbocycles. The maximum Gasteiger partial charge on any atom is 0.0940 e. The number of hydrogen-bond acceptors (Lipinski definition) is 1. The second-order valence-corrected chi connectivity index (χ2v) is 4.87. The molecule has 1 aromatic carbocycles. The van der Waals surface area contributed by atoms with Crippen molar-refractivity contribution in [2.75, 3.05) is 0 Å². The third-order valence-corrected chi connectivity index (χ3v) is 3.72. The average Bonchev–Trinajstić information content (AvgIpc) is 2.72. The fraction of sp³-hybridized carbons (Fsp3) is 0.125. The maximum atomic E-state index is 3.28. The summed E-state index contributed by atoms with van der Waals surface area (Å²) in [6, 6.07) is 8.38. The Bertz CT molecular complexity index is 709. The van der Waals surface area contributed by atoms with Gasteiger partial charge < -0.3 is 0 Å². The van der Waals surface area contributed by atoms with E-state index in [1.54, 1.807) is 11.3 Å². The SMILES string of the molecule is C1#Cc2sc3ccccc3c2C#CCC/C=C/1. The Balaban J connectivity index is 2.29. The molecule has 80 valence electrons. The molecule has 0 unspecified atom stereocenters. The van der Waals surface area contributed by atoms with E-state index < -0.39 is 0 Å². The van der Waals surface area contributed by atoms with Crippen LogP contribution in [-0.4, -0.2) is 0 Å². The van der Waals surface area contributed by atoms with E-state index >= 15 is 0 Å². The largest absolute Gasteiger partial charge is 0.125 e. The van der Waals surface area contributed by atoms with Crippen LogP contribution in [0.2, 0.25) is 0 Å². The molecule has 0 fully saturated rings. The fourth-order valence-electron chi connectivity index (χ4n) is 1.81. The first-order valence-electron chi connectivity index (χ1n) is 5.62. The first-order chi connectivity index (χ1) is 8.45. The van der Waals surface area contributed by atoms with Crippen LogP contribution in [0.5, 0.6) is 0 Å². The summed E-state index contributed by atoms with van der Waals surface area (Å²) in [6.45, 7) is 0. The normalized spacial score (nSPS) is 15.1. The van der Waals surface area contributed by atoms with Gasteiger partial charge in [-0.25, -0.2) is 0 Å². The van der Waals surface area contributed by atoms with Crippen molar-refractivity contribution >= 4 is 21.4 Å². The number of thiophene rings is 1. The van der Waals surface area contributed by atoms with Crippen molar-refractivity contribution in [1.82, 2.24) is 0 Å². The van der Waals surface area contributed by atoms with Crippen molar-refractivity contribution in [2.24, 2.45) is 0 Å². The third-order valence-electron chi connectivity index (χ3n) is 2.63. The Labute approximate surface area is 105 Å². The van der Waals surface area contributed by atoms with Crippen molar-refractivity contribution in [3.05, 3.63) is 46.9 Å². The van der Waals surface area contributed by atoms with Gasteiger partial charge in [0.05, 0.1) is 10.4 Å². The summed E-state index contributed by atoms with van der Waals surface area (Å²) >= 11 is 1.73. The van der Waals surface area contributed by atoms with Gasteiger partial charge in [0.25, 0.3) is 0 Å². The summed E-state index contributed by atoms with van der Waals surface area (Å²) in [7, 11) is 0. The highest BCUT2D eigenvalue weighted by molar-refractivity contribution is 7.19. The highest BCUT2D eigenvalue weighted by atomic mass is 32.1. The van der Waals surface area contributed by atoms with Crippen LogP contribution < -0.4 is 0 Å². The van der Waals surface area contributed by atoms with E-state index in [1.165, 1.54) is 10.1 Å². The zero-order valence-corrected chi connectivity index (χ0v) is 10.1. The van der Waals surface area contributed by atoms with Crippen molar-refractivity contribution in [2.45, 2.75) is 12.8 Å². The Morgan fingerprint density at radius 2 is 2.06 bits per heavy atom. The van der Waals surface area contributed by atoms with Gasteiger partial charge in [0.2, 0.25) is 0 Å². The van der Waals surface area contributed by atoms with Gasteiger partial charge in [0.15, 0.2) is 0 Å². The van der Waals surface area contributed by atoms with Gasteiger partial charge in [0.1, 0.15) is 0 Å². The number of hydrogen-bond donors (Lipinski definition) is 0. The Hall–Kier alpha value is -1.96. The van der Waals surface area contributed by atoms with E-state index in [9.17, 15) is 0 Å². The standard InChI is InChI=1S/C16H10S/c1-2-4-6-11-15-13(9-5-3-1)14-10-7-8-12-16(14)17-15/h2,4,7-8,10,12H,1,3H2/b4-2+. The summed E-state index contributed by atoms with van der Waals surface area (Å²) in [5.41, 5.74) is 1.10. The maximum absolute atomic E-state index is 3.28. The topological polar surface area (TPSA) is 0 Å².